The summed E-state index contributed by atoms with van der Waals surface area (Å²) in [5.74, 6) is 0.111. The molecular weight excluding hydrogens is 204 g/mol. The Hall–Kier alpha value is -1.55. The van der Waals surface area contributed by atoms with Crippen LogP contribution in [0.25, 0.3) is 0 Å². The highest BCUT2D eigenvalue weighted by molar-refractivity contribution is 5.76. The molecule has 1 rings (SSSR count). The van der Waals surface area contributed by atoms with Gasteiger partial charge in [0.15, 0.2) is 0 Å². The van der Waals surface area contributed by atoms with Crippen LogP contribution >= 0.6 is 0 Å². The van der Waals surface area contributed by atoms with Gasteiger partial charge in [-0.05, 0) is 12.5 Å². The van der Waals surface area contributed by atoms with E-state index in [4.69, 9.17) is 5.73 Å². The summed E-state index contributed by atoms with van der Waals surface area (Å²) in [6, 6.07) is 6.84. The lowest BCUT2D eigenvalue weighted by Gasteiger charge is -2.10. The number of phenolic OH excluding ortho intramolecular Hbond substituents is 1. The maximum Gasteiger partial charge on any atom is 0.221 e. The molecule has 4 heteroatoms. The lowest BCUT2D eigenvalue weighted by Crippen LogP contribution is -2.30. The van der Waals surface area contributed by atoms with Gasteiger partial charge < -0.3 is 16.2 Å². The Balaban J connectivity index is 2.40. The van der Waals surface area contributed by atoms with Crippen molar-refractivity contribution in [1.82, 2.24) is 5.32 Å². The Labute approximate surface area is 95.5 Å². The fraction of sp³-hybridized carbons (Fsp3) is 0.417. The second kappa shape index (κ2) is 6.12. The molecule has 0 aliphatic rings. The van der Waals surface area contributed by atoms with Crippen LogP contribution in [0.1, 0.15) is 25.3 Å². The number of nitrogens with two attached hydrogens (primary N) is 1. The number of carbonyl (C=O) groups is 1. The van der Waals surface area contributed by atoms with Crippen LogP contribution in [0.15, 0.2) is 24.3 Å². The molecule has 0 saturated heterocycles. The molecule has 0 fully saturated rings. The molecule has 4 N–H and O–H groups in total. The van der Waals surface area contributed by atoms with Crippen LogP contribution in [-0.2, 0) is 11.3 Å². The second-order valence-corrected chi connectivity index (χ2v) is 3.78. The summed E-state index contributed by atoms with van der Waals surface area (Å²) in [4.78, 5) is 11.4. The van der Waals surface area contributed by atoms with Gasteiger partial charge in [-0.25, -0.2) is 0 Å². The van der Waals surface area contributed by atoms with Gasteiger partial charge in [0.1, 0.15) is 5.75 Å². The van der Waals surface area contributed by atoms with E-state index >= 15 is 0 Å². The Morgan fingerprint density at radius 2 is 2.19 bits per heavy atom. The minimum absolute atomic E-state index is 0.0856. The van der Waals surface area contributed by atoms with Gasteiger partial charge in [-0.1, -0.05) is 25.1 Å². The highest BCUT2D eigenvalue weighted by atomic mass is 16.3. The smallest absolute Gasteiger partial charge is 0.221 e. The first-order valence-electron chi connectivity index (χ1n) is 5.42. The third kappa shape index (κ3) is 3.90. The number of aromatic hydroxyl groups is 1. The average Bonchev–Trinajstić information content (AvgIpc) is 2.28. The zero-order valence-corrected chi connectivity index (χ0v) is 9.44. The summed E-state index contributed by atoms with van der Waals surface area (Å²) in [6.45, 7) is 2.28. The van der Waals surface area contributed by atoms with Crippen molar-refractivity contribution in [2.45, 2.75) is 32.4 Å². The standard InChI is InChI=1S/C12H18N2O2/c1-2-10(13)7-12(16)14-8-9-5-3-4-6-11(9)15/h3-6,10,15H,2,7-8,13H2,1H3,(H,14,16). The van der Waals surface area contributed by atoms with Gasteiger partial charge in [-0.15, -0.1) is 0 Å². The molecule has 0 aliphatic heterocycles. The summed E-state index contributed by atoms with van der Waals surface area (Å²) < 4.78 is 0. The predicted octanol–water partition coefficient (Wildman–Crippen LogP) is 1.14. The summed E-state index contributed by atoms with van der Waals surface area (Å²) in [6.07, 6.45) is 1.11. The molecular formula is C12H18N2O2. The molecule has 1 aromatic carbocycles. The van der Waals surface area contributed by atoms with E-state index in [0.29, 0.717) is 18.5 Å². The molecule has 16 heavy (non-hydrogen) atoms. The second-order valence-electron chi connectivity index (χ2n) is 3.78. The molecule has 0 aromatic heterocycles. The normalized spacial score (nSPS) is 12.1. The van der Waals surface area contributed by atoms with Crippen LogP contribution in [0.5, 0.6) is 5.75 Å². The average molecular weight is 222 g/mol. The maximum absolute atomic E-state index is 11.4. The van der Waals surface area contributed by atoms with Crippen molar-refractivity contribution in [3.63, 3.8) is 0 Å². The van der Waals surface area contributed by atoms with Crippen LogP contribution in [0.2, 0.25) is 0 Å². The van der Waals surface area contributed by atoms with Gasteiger partial charge in [0, 0.05) is 24.6 Å². The van der Waals surface area contributed by atoms with Gasteiger partial charge >= 0.3 is 0 Å². The molecule has 1 atom stereocenters. The number of rotatable bonds is 5. The van der Waals surface area contributed by atoms with Crippen LogP contribution in [0, 0.1) is 0 Å². The van der Waals surface area contributed by atoms with Crippen LogP contribution in [-0.4, -0.2) is 17.1 Å². The Kier molecular flexibility index (Phi) is 4.79. The highest BCUT2D eigenvalue weighted by Gasteiger charge is 2.07. The quantitative estimate of drug-likeness (QED) is 0.699. The number of amides is 1. The fourth-order valence-electron chi connectivity index (χ4n) is 1.31. The molecule has 0 aliphatic carbocycles. The van der Waals surface area contributed by atoms with Crippen LogP contribution in [0.4, 0.5) is 0 Å². The van der Waals surface area contributed by atoms with Gasteiger partial charge in [0.05, 0.1) is 0 Å². The highest BCUT2D eigenvalue weighted by Crippen LogP contribution is 2.14. The van der Waals surface area contributed by atoms with Gasteiger partial charge in [0.25, 0.3) is 0 Å². The number of benzene rings is 1. The molecule has 1 aromatic rings. The summed E-state index contributed by atoms with van der Waals surface area (Å²) in [5.41, 5.74) is 6.37. The number of para-hydroxylation sites is 1. The summed E-state index contributed by atoms with van der Waals surface area (Å²) >= 11 is 0. The van der Waals surface area contributed by atoms with Crippen molar-refractivity contribution in [3.05, 3.63) is 29.8 Å². The monoisotopic (exact) mass is 222 g/mol. The number of phenols is 1. The van der Waals surface area contributed by atoms with Crippen molar-refractivity contribution in [2.75, 3.05) is 0 Å². The first-order valence-corrected chi connectivity index (χ1v) is 5.42. The zero-order chi connectivity index (χ0) is 12.0. The van der Waals surface area contributed by atoms with Gasteiger partial charge in [-0.2, -0.15) is 0 Å². The van der Waals surface area contributed by atoms with E-state index in [1.807, 2.05) is 13.0 Å². The third-order valence-corrected chi connectivity index (χ3v) is 2.44. The first-order chi connectivity index (χ1) is 7.63. The first kappa shape index (κ1) is 12.5. The topological polar surface area (TPSA) is 75.4 Å². The lowest BCUT2D eigenvalue weighted by atomic mass is 10.1. The molecule has 0 spiro atoms. The van der Waals surface area contributed by atoms with Crippen molar-refractivity contribution in [2.24, 2.45) is 5.73 Å². The predicted molar refractivity (Wildman–Crippen MR) is 62.8 cm³/mol. The number of carbonyl (C=O) groups excluding carboxylic acids is 1. The van der Waals surface area contributed by atoms with Crippen LogP contribution < -0.4 is 11.1 Å². The Morgan fingerprint density at radius 1 is 1.50 bits per heavy atom. The van der Waals surface area contributed by atoms with Crippen LogP contribution in [0.3, 0.4) is 0 Å². The van der Waals surface area contributed by atoms with E-state index in [-0.39, 0.29) is 17.7 Å². The van der Waals surface area contributed by atoms with E-state index in [2.05, 4.69) is 5.32 Å². The summed E-state index contributed by atoms with van der Waals surface area (Å²) in [7, 11) is 0. The molecule has 0 heterocycles. The molecule has 0 bridgehead atoms. The number of hydrogen-bond acceptors (Lipinski definition) is 3. The lowest BCUT2D eigenvalue weighted by molar-refractivity contribution is -0.121. The summed E-state index contributed by atoms with van der Waals surface area (Å²) in [5, 5.41) is 12.2. The Morgan fingerprint density at radius 3 is 2.81 bits per heavy atom. The van der Waals surface area contributed by atoms with Gasteiger partial charge in [0.2, 0.25) is 5.91 Å². The Bertz CT molecular complexity index is 353. The van der Waals surface area contributed by atoms with E-state index in [1.54, 1.807) is 18.2 Å². The van der Waals surface area contributed by atoms with Crippen molar-refractivity contribution in [1.29, 1.82) is 0 Å². The van der Waals surface area contributed by atoms with Crippen molar-refractivity contribution < 1.29 is 9.90 Å². The van der Waals surface area contributed by atoms with Crippen molar-refractivity contribution in [3.8, 4) is 5.75 Å². The molecule has 1 unspecified atom stereocenters. The minimum atomic E-state index is -0.0932. The van der Waals surface area contributed by atoms with E-state index in [0.717, 1.165) is 6.42 Å². The number of hydrogen-bond donors (Lipinski definition) is 3. The van der Waals surface area contributed by atoms with E-state index < -0.39 is 0 Å². The largest absolute Gasteiger partial charge is 0.508 e. The SMILES string of the molecule is CCC(N)CC(=O)NCc1ccccc1O. The third-order valence-electron chi connectivity index (χ3n) is 2.44. The molecule has 1 amide bonds. The maximum atomic E-state index is 11.4. The minimum Gasteiger partial charge on any atom is -0.508 e. The van der Waals surface area contributed by atoms with Crippen molar-refractivity contribution >= 4 is 5.91 Å². The fourth-order valence-corrected chi connectivity index (χ4v) is 1.31. The van der Waals surface area contributed by atoms with Gasteiger partial charge in [-0.3, -0.25) is 4.79 Å². The van der Waals surface area contributed by atoms with E-state index in [1.165, 1.54) is 0 Å². The van der Waals surface area contributed by atoms with E-state index in [9.17, 15) is 9.90 Å². The molecule has 0 radical (unpaired) electrons. The zero-order valence-electron chi connectivity index (χ0n) is 9.44. The molecule has 0 saturated carbocycles. The number of nitrogens with one attached hydrogen (secondary N) is 1. The molecule has 4 nitrogen and oxygen atoms in total. The molecule has 88 valence electrons.